The minimum absolute atomic E-state index is 0.168. The quantitative estimate of drug-likeness (QED) is 0.534. The Kier molecular flexibility index (Phi) is 2.69. The largest absolute Gasteiger partial charge is 0.497 e. The van der Waals surface area contributed by atoms with E-state index in [-0.39, 0.29) is 10.6 Å². The summed E-state index contributed by atoms with van der Waals surface area (Å²) < 4.78 is 7.28. The Morgan fingerprint density at radius 1 is 1.23 bits per heavy atom. The van der Waals surface area contributed by atoms with Gasteiger partial charge in [-0.3, -0.25) is 10.1 Å². The van der Waals surface area contributed by atoms with Gasteiger partial charge >= 0.3 is 5.69 Å². The van der Waals surface area contributed by atoms with E-state index in [0.717, 1.165) is 29.6 Å². The fraction of sp³-hybridized carbons (Fsp3) is 0.176. The average molecular weight is 294 g/mol. The van der Waals surface area contributed by atoms with Gasteiger partial charge in [-0.05, 0) is 30.2 Å². The third-order valence-electron chi connectivity index (χ3n) is 4.30. The summed E-state index contributed by atoms with van der Waals surface area (Å²) >= 11 is 0. The van der Waals surface area contributed by atoms with Crippen LogP contribution in [0.5, 0.6) is 5.75 Å². The van der Waals surface area contributed by atoms with Crippen LogP contribution in [0, 0.1) is 10.1 Å². The molecule has 0 unspecified atom stereocenters. The molecule has 2 heterocycles. The molecule has 22 heavy (non-hydrogen) atoms. The van der Waals surface area contributed by atoms with Gasteiger partial charge in [0.05, 0.1) is 22.9 Å². The molecule has 0 fully saturated rings. The third kappa shape index (κ3) is 1.65. The molecule has 3 aromatic rings. The van der Waals surface area contributed by atoms with E-state index in [4.69, 9.17) is 4.74 Å². The molecule has 1 aliphatic heterocycles. The molecule has 0 saturated heterocycles. The van der Waals surface area contributed by atoms with E-state index in [9.17, 15) is 10.1 Å². The second-order valence-electron chi connectivity index (χ2n) is 5.40. The van der Waals surface area contributed by atoms with Crippen molar-refractivity contribution in [1.82, 2.24) is 4.57 Å². The molecule has 0 amide bonds. The van der Waals surface area contributed by atoms with Crippen molar-refractivity contribution in [2.24, 2.45) is 0 Å². The van der Waals surface area contributed by atoms with Gasteiger partial charge in [-0.1, -0.05) is 24.3 Å². The Bertz CT molecular complexity index is 912. The summed E-state index contributed by atoms with van der Waals surface area (Å²) in [7, 11) is 1.57. The van der Waals surface area contributed by atoms with Gasteiger partial charge in [0.25, 0.3) is 0 Å². The summed E-state index contributed by atoms with van der Waals surface area (Å²) in [5, 5.41) is 12.3. The first-order chi connectivity index (χ1) is 10.7. The highest BCUT2D eigenvalue weighted by Gasteiger charge is 2.30. The lowest BCUT2D eigenvalue weighted by atomic mass is 9.98. The van der Waals surface area contributed by atoms with Crippen molar-refractivity contribution in [3.05, 3.63) is 58.1 Å². The van der Waals surface area contributed by atoms with Crippen LogP contribution in [0.15, 0.2) is 42.5 Å². The van der Waals surface area contributed by atoms with Crippen molar-refractivity contribution in [2.75, 3.05) is 7.11 Å². The Balaban J connectivity index is 2.14. The molecule has 5 nitrogen and oxygen atoms in total. The first-order valence-corrected chi connectivity index (χ1v) is 7.13. The van der Waals surface area contributed by atoms with Crippen molar-refractivity contribution in [3.63, 3.8) is 0 Å². The number of rotatable bonds is 2. The van der Waals surface area contributed by atoms with Gasteiger partial charge < -0.3 is 9.30 Å². The Labute approximate surface area is 126 Å². The van der Waals surface area contributed by atoms with Crippen LogP contribution < -0.4 is 4.74 Å². The summed E-state index contributed by atoms with van der Waals surface area (Å²) in [5.74, 6) is 0.631. The standard InChI is InChI=1S/C17H14N2O3/c1-22-12-6-7-15-14(10-12)17(19(20)21)16-13-5-3-2-4-11(13)8-9-18(15)16/h2-7,10H,8-9H2,1H3. The van der Waals surface area contributed by atoms with Crippen LogP contribution in [-0.2, 0) is 13.0 Å². The first-order valence-electron chi connectivity index (χ1n) is 7.13. The fourth-order valence-corrected chi connectivity index (χ4v) is 3.33. The molecular weight excluding hydrogens is 280 g/mol. The molecule has 1 aliphatic rings. The highest BCUT2D eigenvalue weighted by atomic mass is 16.6. The van der Waals surface area contributed by atoms with Crippen LogP contribution in [0.25, 0.3) is 22.2 Å². The molecule has 0 N–H and O–H groups in total. The molecule has 5 heteroatoms. The van der Waals surface area contributed by atoms with E-state index in [2.05, 4.69) is 4.57 Å². The normalized spacial score (nSPS) is 12.8. The highest BCUT2D eigenvalue weighted by Crippen LogP contribution is 2.44. The van der Waals surface area contributed by atoms with E-state index in [1.165, 1.54) is 0 Å². The van der Waals surface area contributed by atoms with Gasteiger partial charge in [-0.2, -0.15) is 0 Å². The Morgan fingerprint density at radius 3 is 2.82 bits per heavy atom. The molecule has 2 aromatic carbocycles. The monoisotopic (exact) mass is 294 g/mol. The van der Waals surface area contributed by atoms with E-state index in [1.807, 2.05) is 36.4 Å². The summed E-state index contributed by atoms with van der Waals surface area (Å²) in [6.45, 7) is 0.753. The van der Waals surface area contributed by atoms with Gasteiger partial charge in [0.15, 0.2) is 0 Å². The number of benzene rings is 2. The van der Waals surface area contributed by atoms with Crippen molar-refractivity contribution >= 4 is 16.6 Å². The van der Waals surface area contributed by atoms with E-state index in [1.54, 1.807) is 13.2 Å². The zero-order valence-electron chi connectivity index (χ0n) is 12.1. The van der Waals surface area contributed by atoms with Crippen LogP contribution in [-0.4, -0.2) is 16.6 Å². The number of methoxy groups -OCH3 is 1. The molecule has 0 saturated carbocycles. The lowest BCUT2D eigenvalue weighted by molar-refractivity contribution is -0.382. The molecule has 0 radical (unpaired) electrons. The Hall–Kier alpha value is -2.82. The molecule has 0 spiro atoms. The number of aryl methyl sites for hydroxylation is 2. The third-order valence-corrected chi connectivity index (χ3v) is 4.30. The number of fused-ring (bicyclic) bond motifs is 5. The molecule has 0 bridgehead atoms. The maximum Gasteiger partial charge on any atom is 0.302 e. The lowest BCUT2D eigenvalue weighted by Gasteiger charge is -2.19. The van der Waals surface area contributed by atoms with Gasteiger partial charge in [-0.15, -0.1) is 0 Å². The predicted octanol–water partition coefficient (Wildman–Crippen LogP) is 3.78. The fourth-order valence-electron chi connectivity index (χ4n) is 3.33. The van der Waals surface area contributed by atoms with Crippen molar-refractivity contribution in [3.8, 4) is 17.0 Å². The predicted molar refractivity (Wildman–Crippen MR) is 84.3 cm³/mol. The topological polar surface area (TPSA) is 57.3 Å². The van der Waals surface area contributed by atoms with Crippen LogP contribution >= 0.6 is 0 Å². The minimum Gasteiger partial charge on any atom is -0.497 e. The summed E-state index contributed by atoms with van der Waals surface area (Å²) in [4.78, 5) is 11.4. The number of nitro groups is 1. The highest BCUT2D eigenvalue weighted by molar-refractivity contribution is 6.00. The lowest BCUT2D eigenvalue weighted by Crippen LogP contribution is -2.10. The number of hydrogen-bond acceptors (Lipinski definition) is 3. The van der Waals surface area contributed by atoms with Gasteiger partial charge in [0, 0.05) is 12.1 Å². The van der Waals surface area contributed by atoms with Gasteiger partial charge in [-0.25, -0.2) is 0 Å². The molecule has 0 atom stereocenters. The second-order valence-corrected chi connectivity index (χ2v) is 5.40. The summed E-state index contributed by atoms with van der Waals surface area (Å²) in [6.07, 6.45) is 0.885. The zero-order valence-corrected chi connectivity index (χ0v) is 12.1. The van der Waals surface area contributed by atoms with Gasteiger partial charge in [0.1, 0.15) is 11.4 Å². The number of hydrogen-bond donors (Lipinski definition) is 0. The van der Waals surface area contributed by atoms with Crippen molar-refractivity contribution in [1.29, 1.82) is 0 Å². The summed E-state index contributed by atoms with van der Waals surface area (Å²) in [5.41, 5.74) is 3.87. The van der Waals surface area contributed by atoms with Crippen LogP contribution in [0.3, 0.4) is 0 Å². The molecule has 4 rings (SSSR count). The second kappa shape index (κ2) is 4.59. The van der Waals surface area contributed by atoms with Crippen LogP contribution in [0.4, 0.5) is 5.69 Å². The van der Waals surface area contributed by atoms with E-state index < -0.39 is 0 Å². The summed E-state index contributed by atoms with van der Waals surface area (Å²) in [6, 6.07) is 13.4. The van der Waals surface area contributed by atoms with Gasteiger partial charge in [0.2, 0.25) is 0 Å². The van der Waals surface area contributed by atoms with Crippen molar-refractivity contribution < 1.29 is 9.66 Å². The van der Waals surface area contributed by atoms with Crippen LogP contribution in [0.2, 0.25) is 0 Å². The molecule has 0 aliphatic carbocycles. The maximum atomic E-state index is 11.7. The van der Waals surface area contributed by atoms with Crippen molar-refractivity contribution in [2.45, 2.75) is 13.0 Å². The van der Waals surface area contributed by atoms with E-state index in [0.29, 0.717) is 16.8 Å². The number of ether oxygens (including phenoxy) is 1. The van der Waals surface area contributed by atoms with Crippen LogP contribution in [0.1, 0.15) is 5.56 Å². The number of nitrogens with zero attached hydrogens (tertiary/aromatic N) is 2. The smallest absolute Gasteiger partial charge is 0.302 e. The SMILES string of the molecule is COc1ccc2c(c1)c([N+](=O)[O-])c1n2CCc2ccccc2-1. The first kappa shape index (κ1) is 12.9. The maximum absolute atomic E-state index is 11.7. The molecule has 110 valence electrons. The number of aromatic nitrogens is 1. The molecular formula is C17H14N2O3. The average Bonchev–Trinajstić information content (AvgIpc) is 2.88. The Morgan fingerprint density at radius 2 is 2.05 bits per heavy atom. The zero-order chi connectivity index (χ0) is 15.3. The van der Waals surface area contributed by atoms with E-state index >= 15 is 0 Å². The molecule has 1 aromatic heterocycles. The minimum atomic E-state index is -0.282.